The quantitative estimate of drug-likeness (QED) is 0.493. The second-order valence-electron chi connectivity index (χ2n) is 4.91. The molecule has 5 N–H and O–H groups in total. The van der Waals surface area contributed by atoms with Crippen LogP contribution in [0.5, 0.6) is 0 Å². The van der Waals surface area contributed by atoms with Gasteiger partial charge in [0.05, 0.1) is 0 Å². The highest BCUT2D eigenvalue weighted by molar-refractivity contribution is 5.98. The van der Waals surface area contributed by atoms with E-state index in [4.69, 9.17) is 5.73 Å². The van der Waals surface area contributed by atoms with Gasteiger partial charge in [0.1, 0.15) is 5.69 Å². The van der Waals surface area contributed by atoms with Gasteiger partial charge in [-0.3, -0.25) is 4.79 Å². The van der Waals surface area contributed by atoms with Crippen molar-refractivity contribution in [1.82, 2.24) is 20.5 Å². The predicted octanol–water partition coefficient (Wildman–Crippen LogP) is 0.751. The Kier molecular flexibility index (Phi) is 4.32. The standard InChI is InChI=1S/C14H19N5O2/c1-19(2)14(21)17-6-5-16-13(20)12-8-9-7-10(15)3-4-11(9)18-12/h3-4,7-8,18H,5-6,15H2,1-2H3,(H,16,20)(H,17,21). The lowest BCUT2D eigenvalue weighted by Gasteiger charge is -2.11. The molecular weight excluding hydrogens is 270 g/mol. The number of H-pyrrole nitrogens is 1. The Hall–Kier alpha value is -2.70. The van der Waals surface area contributed by atoms with Gasteiger partial charge in [0.2, 0.25) is 0 Å². The van der Waals surface area contributed by atoms with Crippen molar-refractivity contribution < 1.29 is 9.59 Å². The van der Waals surface area contributed by atoms with Crippen LogP contribution in [0.15, 0.2) is 24.3 Å². The molecule has 0 aliphatic heterocycles. The van der Waals surface area contributed by atoms with E-state index in [1.54, 1.807) is 32.3 Å². The number of nitrogens with one attached hydrogen (secondary N) is 3. The van der Waals surface area contributed by atoms with Crippen LogP contribution in [0.3, 0.4) is 0 Å². The highest BCUT2D eigenvalue weighted by Crippen LogP contribution is 2.18. The SMILES string of the molecule is CN(C)C(=O)NCCNC(=O)c1cc2cc(N)ccc2[nH]1. The third-order valence-corrected chi connectivity index (χ3v) is 2.98. The summed E-state index contributed by atoms with van der Waals surface area (Å²) in [7, 11) is 3.31. The number of carbonyl (C=O) groups excluding carboxylic acids is 2. The minimum Gasteiger partial charge on any atom is -0.399 e. The molecule has 0 saturated carbocycles. The van der Waals surface area contributed by atoms with Crippen LogP contribution in [-0.4, -0.2) is 49.0 Å². The summed E-state index contributed by atoms with van der Waals surface area (Å²) in [6.07, 6.45) is 0. The largest absolute Gasteiger partial charge is 0.399 e. The van der Waals surface area contributed by atoms with E-state index in [1.807, 2.05) is 6.07 Å². The van der Waals surface area contributed by atoms with Crippen molar-refractivity contribution in [3.05, 3.63) is 30.0 Å². The number of amides is 3. The molecule has 21 heavy (non-hydrogen) atoms. The summed E-state index contributed by atoms with van der Waals surface area (Å²) < 4.78 is 0. The number of aromatic nitrogens is 1. The molecule has 1 aromatic heterocycles. The fraction of sp³-hybridized carbons (Fsp3) is 0.286. The molecule has 112 valence electrons. The number of hydrogen-bond donors (Lipinski definition) is 4. The molecule has 0 unspecified atom stereocenters. The van der Waals surface area contributed by atoms with Gasteiger partial charge >= 0.3 is 6.03 Å². The lowest BCUT2D eigenvalue weighted by molar-refractivity contribution is 0.0949. The first-order valence-corrected chi connectivity index (χ1v) is 6.59. The molecule has 3 amide bonds. The Balaban J connectivity index is 1.89. The third kappa shape index (κ3) is 3.65. The molecule has 7 heteroatoms. The van der Waals surface area contributed by atoms with Crippen molar-refractivity contribution in [3.63, 3.8) is 0 Å². The number of carbonyl (C=O) groups is 2. The molecule has 0 radical (unpaired) electrons. The molecule has 7 nitrogen and oxygen atoms in total. The van der Waals surface area contributed by atoms with Crippen molar-refractivity contribution in [2.24, 2.45) is 0 Å². The average molecular weight is 289 g/mol. The van der Waals surface area contributed by atoms with E-state index < -0.39 is 0 Å². The van der Waals surface area contributed by atoms with Crippen LogP contribution in [-0.2, 0) is 0 Å². The fourth-order valence-electron chi connectivity index (χ4n) is 1.87. The van der Waals surface area contributed by atoms with E-state index in [0.717, 1.165) is 10.9 Å². The fourth-order valence-corrected chi connectivity index (χ4v) is 1.87. The van der Waals surface area contributed by atoms with Gasteiger partial charge in [-0.2, -0.15) is 0 Å². The highest BCUT2D eigenvalue weighted by Gasteiger charge is 2.09. The van der Waals surface area contributed by atoms with Crippen LogP contribution in [0, 0.1) is 0 Å². The average Bonchev–Trinajstić information content (AvgIpc) is 2.85. The molecule has 2 aromatic rings. The smallest absolute Gasteiger partial charge is 0.316 e. The summed E-state index contributed by atoms with van der Waals surface area (Å²) in [4.78, 5) is 27.7. The molecule has 2 rings (SSSR count). The van der Waals surface area contributed by atoms with Gasteiger partial charge in [0, 0.05) is 43.8 Å². The van der Waals surface area contributed by atoms with E-state index in [9.17, 15) is 9.59 Å². The molecule has 0 atom stereocenters. The van der Waals surface area contributed by atoms with Gasteiger partial charge in [-0.25, -0.2) is 4.79 Å². The van der Waals surface area contributed by atoms with Crippen molar-refractivity contribution in [1.29, 1.82) is 0 Å². The van der Waals surface area contributed by atoms with Crippen molar-refractivity contribution in [3.8, 4) is 0 Å². The number of hydrogen-bond acceptors (Lipinski definition) is 3. The number of benzene rings is 1. The number of nitrogen functional groups attached to an aromatic ring is 1. The van der Waals surface area contributed by atoms with Gasteiger partial charge in [0.25, 0.3) is 5.91 Å². The highest BCUT2D eigenvalue weighted by atomic mass is 16.2. The molecule has 0 bridgehead atoms. The van der Waals surface area contributed by atoms with E-state index >= 15 is 0 Å². The maximum Gasteiger partial charge on any atom is 0.316 e. The first-order chi connectivity index (χ1) is 9.97. The molecule has 0 aliphatic rings. The van der Waals surface area contributed by atoms with E-state index in [-0.39, 0.29) is 11.9 Å². The summed E-state index contributed by atoms with van der Waals surface area (Å²) in [5.41, 5.74) is 7.68. The second-order valence-corrected chi connectivity index (χ2v) is 4.91. The van der Waals surface area contributed by atoms with Gasteiger partial charge < -0.3 is 26.3 Å². The lowest BCUT2D eigenvalue weighted by atomic mass is 10.2. The Morgan fingerprint density at radius 2 is 1.90 bits per heavy atom. The van der Waals surface area contributed by atoms with E-state index in [1.165, 1.54) is 4.90 Å². The zero-order valence-electron chi connectivity index (χ0n) is 12.1. The molecule has 0 aliphatic carbocycles. The topological polar surface area (TPSA) is 103 Å². The number of nitrogens with two attached hydrogens (primary N) is 1. The summed E-state index contributed by atoms with van der Waals surface area (Å²) in [6.45, 7) is 0.728. The molecule has 1 heterocycles. The maximum atomic E-state index is 12.0. The summed E-state index contributed by atoms with van der Waals surface area (Å²) >= 11 is 0. The molecule has 0 fully saturated rings. The molecule has 0 saturated heterocycles. The maximum absolute atomic E-state index is 12.0. The zero-order valence-corrected chi connectivity index (χ0v) is 12.1. The van der Waals surface area contributed by atoms with E-state index in [0.29, 0.717) is 24.5 Å². The number of anilines is 1. The number of aromatic amines is 1. The summed E-state index contributed by atoms with van der Waals surface area (Å²) in [5.74, 6) is -0.219. The van der Waals surface area contributed by atoms with Gasteiger partial charge in [-0.15, -0.1) is 0 Å². The number of rotatable bonds is 4. The summed E-state index contributed by atoms with van der Waals surface area (Å²) in [5, 5.41) is 6.29. The molecule has 1 aromatic carbocycles. The van der Waals surface area contributed by atoms with E-state index in [2.05, 4.69) is 15.6 Å². The Labute approximate surface area is 122 Å². The normalized spacial score (nSPS) is 10.4. The number of nitrogens with zero attached hydrogens (tertiary/aromatic N) is 1. The van der Waals surface area contributed by atoms with Gasteiger partial charge in [-0.05, 0) is 24.3 Å². The minimum absolute atomic E-state index is 0.190. The number of urea groups is 1. The Bertz CT molecular complexity index is 662. The minimum atomic E-state index is -0.219. The van der Waals surface area contributed by atoms with Gasteiger partial charge in [0.15, 0.2) is 0 Å². The van der Waals surface area contributed by atoms with Crippen molar-refractivity contribution >= 4 is 28.5 Å². The van der Waals surface area contributed by atoms with Crippen LogP contribution >= 0.6 is 0 Å². The zero-order chi connectivity index (χ0) is 15.4. The summed E-state index contributed by atoms with van der Waals surface area (Å²) in [6, 6.07) is 6.97. The monoisotopic (exact) mass is 289 g/mol. The van der Waals surface area contributed by atoms with Crippen LogP contribution in [0.25, 0.3) is 10.9 Å². The third-order valence-electron chi connectivity index (χ3n) is 2.98. The molecule has 0 spiro atoms. The first-order valence-electron chi connectivity index (χ1n) is 6.59. The van der Waals surface area contributed by atoms with Crippen LogP contribution < -0.4 is 16.4 Å². The van der Waals surface area contributed by atoms with Gasteiger partial charge in [-0.1, -0.05) is 0 Å². The van der Waals surface area contributed by atoms with Crippen molar-refractivity contribution in [2.75, 3.05) is 32.9 Å². The first kappa shape index (κ1) is 14.7. The van der Waals surface area contributed by atoms with Crippen LogP contribution in [0.1, 0.15) is 10.5 Å². The van der Waals surface area contributed by atoms with Crippen LogP contribution in [0.4, 0.5) is 10.5 Å². The Morgan fingerprint density at radius 1 is 1.19 bits per heavy atom. The predicted molar refractivity (Wildman–Crippen MR) is 82.1 cm³/mol. The van der Waals surface area contributed by atoms with Crippen LogP contribution in [0.2, 0.25) is 0 Å². The molecular formula is C14H19N5O2. The van der Waals surface area contributed by atoms with Crippen molar-refractivity contribution in [2.45, 2.75) is 0 Å². The number of fused-ring (bicyclic) bond motifs is 1. The Morgan fingerprint density at radius 3 is 2.62 bits per heavy atom. The second kappa shape index (κ2) is 6.17. The lowest BCUT2D eigenvalue weighted by Crippen LogP contribution is -2.39.